The van der Waals surface area contributed by atoms with Gasteiger partial charge < -0.3 is 5.32 Å². The van der Waals surface area contributed by atoms with Gasteiger partial charge in [0.25, 0.3) is 5.69 Å². The zero-order valence-electron chi connectivity index (χ0n) is 12.0. The first-order valence-electron chi connectivity index (χ1n) is 6.69. The zero-order valence-corrected chi connectivity index (χ0v) is 13.5. The molecule has 1 heterocycles. The van der Waals surface area contributed by atoms with E-state index in [2.05, 4.69) is 26.2 Å². The summed E-state index contributed by atoms with van der Waals surface area (Å²) >= 11 is 3.09. The second kappa shape index (κ2) is 6.22. The van der Waals surface area contributed by atoms with Gasteiger partial charge in [0, 0.05) is 23.2 Å². The lowest BCUT2D eigenvalue weighted by atomic mass is 10.1. The van der Waals surface area contributed by atoms with Gasteiger partial charge in [-0.2, -0.15) is 5.26 Å². The number of nitrogens with zero attached hydrogens (tertiary/aromatic N) is 3. The Morgan fingerprint density at radius 2 is 2.04 bits per heavy atom. The van der Waals surface area contributed by atoms with Crippen LogP contribution >= 0.6 is 15.9 Å². The number of nitro groups is 1. The molecule has 3 aromatic rings. The van der Waals surface area contributed by atoms with E-state index in [0.717, 1.165) is 0 Å². The molecule has 2 aromatic carbocycles. The van der Waals surface area contributed by atoms with E-state index in [0.29, 0.717) is 16.6 Å². The highest BCUT2D eigenvalue weighted by Gasteiger charge is 2.12. The van der Waals surface area contributed by atoms with Gasteiger partial charge >= 0.3 is 0 Å². The van der Waals surface area contributed by atoms with E-state index >= 15 is 0 Å². The lowest BCUT2D eigenvalue weighted by molar-refractivity contribution is -0.384. The molecular formula is C16H8BrFN4O2. The van der Waals surface area contributed by atoms with Gasteiger partial charge in [-0.1, -0.05) is 0 Å². The third-order valence-corrected chi connectivity index (χ3v) is 3.92. The standard InChI is InChI=1S/C16H8BrFN4O2/c17-13-7-11(1-3-14(13)18)20-16-10(8-19)5-9-6-12(22(23)24)2-4-15(9)21-16/h1-7H,(H,20,21). The van der Waals surface area contributed by atoms with E-state index in [-0.39, 0.29) is 21.5 Å². The molecule has 0 unspecified atom stereocenters. The van der Waals surface area contributed by atoms with Crippen molar-refractivity contribution in [3.8, 4) is 6.07 Å². The van der Waals surface area contributed by atoms with Crippen LogP contribution in [0.5, 0.6) is 0 Å². The molecule has 0 bridgehead atoms. The number of nitriles is 1. The number of anilines is 2. The van der Waals surface area contributed by atoms with E-state index in [1.165, 1.54) is 42.5 Å². The van der Waals surface area contributed by atoms with Crippen molar-refractivity contribution in [2.75, 3.05) is 5.32 Å². The summed E-state index contributed by atoms with van der Waals surface area (Å²) in [4.78, 5) is 14.7. The minimum Gasteiger partial charge on any atom is -0.339 e. The summed E-state index contributed by atoms with van der Waals surface area (Å²) in [6.07, 6.45) is 0. The lowest BCUT2D eigenvalue weighted by Crippen LogP contribution is -1.98. The van der Waals surface area contributed by atoms with Crippen molar-refractivity contribution in [1.82, 2.24) is 4.98 Å². The number of nitrogens with one attached hydrogen (secondary N) is 1. The summed E-state index contributed by atoms with van der Waals surface area (Å²) in [5, 5.41) is 23.6. The van der Waals surface area contributed by atoms with Crippen LogP contribution < -0.4 is 5.32 Å². The predicted octanol–water partition coefficient (Wildman–Crippen LogP) is 4.66. The fourth-order valence-corrected chi connectivity index (χ4v) is 2.55. The van der Waals surface area contributed by atoms with Gasteiger partial charge in [0.1, 0.15) is 17.7 Å². The van der Waals surface area contributed by atoms with Gasteiger partial charge in [-0.25, -0.2) is 9.37 Å². The summed E-state index contributed by atoms with van der Waals surface area (Å²) in [5.41, 5.74) is 1.21. The summed E-state index contributed by atoms with van der Waals surface area (Å²) in [6.45, 7) is 0. The Balaban J connectivity index is 2.07. The Kier molecular flexibility index (Phi) is 4.10. The largest absolute Gasteiger partial charge is 0.339 e. The number of nitro benzene ring substituents is 1. The number of hydrogen-bond acceptors (Lipinski definition) is 5. The normalized spacial score (nSPS) is 10.4. The zero-order chi connectivity index (χ0) is 17.3. The van der Waals surface area contributed by atoms with Crippen molar-refractivity contribution in [2.24, 2.45) is 0 Å². The van der Waals surface area contributed by atoms with Crippen LogP contribution in [0.3, 0.4) is 0 Å². The van der Waals surface area contributed by atoms with Crippen LogP contribution in [0, 0.1) is 27.3 Å². The molecular weight excluding hydrogens is 379 g/mol. The van der Waals surface area contributed by atoms with E-state index in [1.54, 1.807) is 0 Å². The molecule has 1 aromatic heterocycles. The van der Waals surface area contributed by atoms with E-state index in [4.69, 9.17) is 0 Å². The van der Waals surface area contributed by atoms with Gasteiger partial charge in [-0.05, 0) is 46.3 Å². The Morgan fingerprint density at radius 1 is 1.25 bits per heavy atom. The number of halogens is 2. The minimum absolute atomic E-state index is 0.0728. The highest BCUT2D eigenvalue weighted by Crippen LogP contribution is 2.27. The smallest absolute Gasteiger partial charge is 0.270 e. The maximum atomic E-state index is 13.3. The molecule has 0 saturated carbocycles. The first-order valence-corrected chi connectivity index (χ1v) is 7.48. The van der Waals surface area contributed by atoms with E-state index in [9.17, 15) is 19.8 Å². The molecule has 0 atom stereocenters. The number of aromatic nitrogens is 1. The Bertz CT molecular complexity index is 1020. The fraction of sp³-hybridized carbons (Fsp3) is 0. The molecule has 0 aliphatic carbocycles. The average Bonchev–Trinajstić information content (AvgIpc) is 2.57. The minimum atomic E-state index is -0.506. The van der Waals surface area contributed by atoms with Gasteiger partial charge in [0.05, 0.1) is 20.5 Å². The molecule has 0 aliphatic rings. The maximum absolute atomic E-state index is 13.3. The number of rotatable bonds is 3. The van der Waals surface area contributed by atoms with Crippen LogP contribution in [0.15, 0.2) is 46.9 Å². The third-order valence-electron chi connectivity index (χ3n) is 3.31. The number of non-ortho nitro benzene ring substituents is 1. The fourth-order valence-electron chi connectivity index (χ4n) is 2.17. The number of hydrogen-bond donors (Lipinski definition) is 1. The highest BCUT2D eigenvalue weighted by atomic mass is 79.9. The highest BCUT2D eigenvalue weighted by molar-refractivity contribution is 9.10. The van der Waals surface area contributed by atoms with E-state index in [1.807, 2.05) is 6.07 Å². The van der Waals surface area contributed by atoms with Gasteiger partial charge in [0.2, 0.25) is 0 Å². The summed E-state index contributed by atoms with van der Waals surface area (Å²) in [5.74, 6) is -0.114. The first-order chi connectivity index (χ1) is 11.5. The average molecular weight is 387 g/mol. The molecule has 6 nitrogen and oxygen atoms in total. The van der Waals surface area contributed by atoms with Crippen LogP contribution in [0.2, 0.25) is 0 Å². The van der Waals surface area contributed by atoms with Crippen LogP contribution in [0.25, 0.3) is 10.9 Å². The van der Waals surface area contributed by atoms with Gasteiger partial charge in [0.15, 0.2) is 0 Å². The van der Waals surface area contributed by atoms with Gasteiger partial charge in [-0.15, -0.1) is 0 Å². The molecule has 0 aliphatic heterocycles. The van der Waals surface area contributed by atoms with Gasteiger partial charge in [-0.3, -0.25) is 10.1 Å². The Morgan fingerprint density at radius 3 is 2.71 bits per heavy atom. The second-order valence-corrected chi connectivity index (χ2v) is 5.74. The lowest BCUT2D eigenvalue weighted by Gasteiger charge is -2.09. The molecule has 24 heavy (non-hydrogen) atoms. The van der Waals surface area contributed by atoms with Crippen LogP contribution in [-0.2, 0) is 0 Å². The van der Waals surface area contributed by atoms with Crippen molar-refractivity contribution >= 4 is 44.0 Å². The second-order valence-electron chi connectivity index (χ2n) is 4.88. The van der Waals surface area contributed by atoms with Crippen molar-refractivity contribution in [1.29, 1.82) is 5.26 Å². The maximum Gasteiger partial charge on any atom is 0.270 e. The quantitative estimate of drug-likeness (QED) is 0.521. The van der Waals surface area contributed by atoms with Crippen molar-refractivity contribution in [3.63, 3.8) is 0 Å². The molecule has 0 fully saturated rings. The van der Waals surface area contributed by atoms with E-state index < -0.39 is 10.7 Å². The van der Waals surface area contributed by atoms with Crippen LogP contribution in [0.1, 0.15) is 5.56 Å². The summed E-state index contributed by atoms with van der Waals surface area (Å²) in [6, 6.07) is 12.1. The molecule has 0 radical (unpaired) electrons. The molecule has 0 spiro atoms. The Hall–Kier alpha value is -3.05. The first kappa shape index (κ1) is 15.8. The van der Waals surface area contributed by atoms with Crippen LogP contribution in [-0.4, -0.2) is 9.91 Å². The monoisotopic (exact) mass is 386 g/mol. The van der Waals surface area contributed by atoms with Crippen molar-refractivity contribution in [2.45, 2.75) is 0 Å². The number of fused-ring (bicyclic) bond motifs is 1. The molecule has 118 valence electrons. The van der Waals surface area contributed by atoms with Crippen LogP contribution in [0.4, 0.5) is 21.6 Å². The number of pyridine rings is 1. The summed E-state index contributed by atoms with van der Waals surface area (Å²) in [7, 11) is 0. The van der Waals surface area contributed by atoms with Crippen molar-refractivity contribution < 1.29 is 9.31 Å². The molecule has 3 rings (SSSR count). The SMILES string of the molecule is N#Cc1cc2cc([N+](=O)[O-])ccc2nc1Nc1ccc(F)c(Br)c1. The third kappa shape index (κ3) is 3.02. The van der Waals surface area contributed by atoms with Crippen molar-refractivity contribution in [3.05, 3.63) is 68.4 Å². The number of benzene rings is 2. The molecule has 8 heteroatoms. The Labute approximate surface area is 143 Å². The predicted molar refractivity (Wildman–Crippen MR) is 90.5 cm³/mol. The molecule has 0 amide bonds. The topological polar surface area (TPSA) is 91.8 Å². The molecule has 0 saturated heterocycles. The summed E-state index contributed by atoms with van der Waals surface area (Å²) < 4.78 is 13.6. The molecule has 1 N–H and O–H groups in total.